The predicted molar refractivity (Wildman–Crippen MR) is 87.2 cm³/mol. The maximum Gasteiger partial charge on any atom is 0.355 e. The summed E-state index contributed by atoms with van der Waals surface area (Å²) in [7, 11) is 1.16. The SMILES string of the molecule is CCCC(OC(=O)/C=C\C(=O)OC)C(=O)OC(=O)Cc1ccccc1. The van der Waals surface area contributed by atoms with E-state index in [1.54, 1.807) is 37.3 Å². The molecule has 0 spiro atoms. The number of carbonyl (C=O) groups is 4. The number of hydrogen-bond donors (Lipinski definition) is 0. The summed E-state index contributed by atoms with van der Waals surface area (Å²) < 4.78 is 14.0. The van der Waals surface area contributed by atoms with Gasteiger partial charge in [0.05, 0.1) is 13.5 Å². The van der Waals surface area contributed by atoms with Gasteiger partial charge in [0.25, 0.3) is 0 Å². The van der Waals surface area contributed by atoms with Gasteiger partial charge < -0.3 is 14.2 Å². The van der Waals surface area contributed by atoms with Crippen molar-refractivity contribution >= 4 is 23.9 Å². The summed E-state index contributed by atoms with van der Waals surface area (Å²) in [5, 5.41) is 0. The number of rotatable bonds is 8. The van der Waals surface area contributed by atoms with Crippen LogP contribution in [-0.2, 0) is 39.8 Å². The molecule has 1 rings (SSSR count). The maximum atomic E-state index is 12.0. The van der Waals surface area contributed by atoms with Gasteiger partial charge in [0.1, 0.15) is 0 Å². The van der Waals surface area contributed by atoms with Crippen molar-refractivity contribution in [2.24, 2.45) is 0 Å². The minimum Gasteiger partial charge on any atom is -0.466 e. The summed E-state index contributed by atoms with van der Waals surface area (Å²) in [4.78, 5) is 46.4. The molecule has 0 saturated carbocycles. The van der Waals surface area contributed by atoms with Crippen LogP contribution in [0.1, 0.15) is 25.3 Å². The maximum absolute atomic E-state index is 12.0. The summed E-state index contributed by atoms with van der Waals surface area (Å²) in [6.45, 7) is 1.78. The molecule has 0 fully saturated rings. The van der Waals surface area contributed by atoms with Crippen molar-refractivity contribution in [1.29, 1.82) is 0 Å². The molecule has 0 amide bonds. The molecule has 0 aromatic heterocycles. The summed E-state index contributed by atoms with van der Waals surface area (Å²) in [5.41, 5.74) is 0.699. The Morgan fingerprint density at radius 1 is 1.04 bits per heavy atom. The second kappa shape index (κ2) is 10.7. The van der Waals surface area contributed by atoms with Gasteiger partial charge in [-0.25, -0.2) is 14.4 Å². The van der Waals surface area contributed by atoms with Crippen LogP contribution in [0.15, 0.2) is 42.5 Å². The largest absolute Gasteiger partial charge is 0.466 e. The van der Waals surface area contributed by atoms with Crippen LogP contribution in [-0.4, -0.2) is 37.1 Å². The summed E-state index contributed by atoms with van der Waals surface area (Å²) >= 11 is 0. The molecule has 0 radical (unpaired) electrons. The van der Waals surface area contributed by atoms with Crippen LogP contribution < -0.4 is 0 Å². The molecule has 0 aliphatic carbocycles. The van der Waals surface area contributed by atoms with E-state index in [4.69, 9.17) is 9.47 Å². The van der Waals surface area contributed by atoms with Crippen molar-refractivity contribution in [2.75, 3.05) is 7.11 Å². The lowest BCUT2D eigenvalue weighted by Crippen LogP contribution is -2.31. The fourth-order valence-electron chi connectivity index (χ4n) is 1.85. The minimum absolute atomic E-state index is 0.0678. The Bertz CT molecular complexity index is 634. The van der Waals surface area contributed by atoms with Crippen LogP contribution in [0.25, 0.3) is 0 Å². The molecule has 0 N–H and O–H groups in total. The average Bonchev–Trinajstić information content (AvgIpc) is 2.59. The van der Waals surface area contributed by atoms with Crippen LogP contribution in [0.5, 0.6) is 0 Å². The molecule has 0 aliphatic rings. The van der Waals surface area contributed by atoms with Gasteiger partial charge >= 0.3 is 23.9 Å². The van der Waals surface area contributed by atoms with Crippen molar-refractivity contribution < 1.29 is 33.4 Å². The van der Waals surface area contributed by atoms with Crippen LogP contribution >= 0.6 is 0 Å². The first-order chi connectivity index (χ1) is 12.0. The molecule has 1 atom stereocenters. The molecule has 7 heteroatoms. The zero-order chi connectivity index (χ0) is 18.7. The Kier molecular flexibility index (Phi) is 8.63. The lowest BCUT2D eigenvalue weighted by atomic mass is 10.1. The molecule has 0 saturated heterocycles. The molecular weight excluding hydrogens is 328 g/mol. The third-order valence-corrected chi connectivity index (χ3v) is 3.03. The van der Waals surface area contributed by atoms with Crippen molar-refractivity contribution in [3.8, 4) is 0 Å². The molecule has 134 valence electrons. The standard InChI is InChI=1S/C18H20O7/c1-3-7-14(24-16(20)11-10-15(19)23-2)18(22)25-17(21)12-13-8-5-4-6-9-13/h4-6,8-11,14H,3,7,12H2,1-2H3/b11-10-. The lowest BCUT2D eigenvalue weighted by Gasteiger charge is -2.14. The van der Waals surface area contributed by atoms with Gasteiger partial charge in [-0.3, -0.25) is 4.79 Å². The number of hydrogen-bond acceptors (Lipinski definition) is 7. The topological polar surface area (TPSA) is 96.0 Å². The van der Waals surface area contributed by atoms with Gasteiger partial charge in [-0.1, -0.05) is 43.7 Å². The third-order valence-electron chi connectivity index (χ3n) is 3.03. The fourth-order valence-corrected chi connectivity index (χ4v) is 1.85. The number of ether oxygens (including phenoxy) is 3. The molecule has 1 aromatic rings. The Hall–Kier alpha value is -2.96. The van der Waals surface area contributed by atoms with Crippen molar-refractivity contribution in [1.82, 2.24) is 0 Å². The highest BCUT2D eigenvalue weighted by Crippen LogP contribution is 2.08. The van der Waals surface area contributed by atoms with Crippen molar-refractivity contribution in [2.45, 2.75) is 32.3 Å². The van der Waals surface area contributed by atoms with Crippen LogP contribution in [0.3, 0.4) is 0 Å². The van der Waals surface area contributed by atoms with E-state index in [0.29, 0.717) is 12.0 Å². The number of carbonyl (C=O) groups excluding carboxylic acids is 4. The van der Waals surface area contributed by atoms with Gasteiger partial charge in [-0.2, -0.15) is 0 Å². The number of methoxy groups -OCH3 is 1. The Balaban J connectivity index is 2.60. The van der Waals surface area contributed by atoms with E-state index in [-0.39, 0.29) is 12.8 Å². The van der Waals surface area contributed by atoms with E-state index in [2.05, 4.69) is 4.74 Å². The molecule has 7 nitrogen and oxygen atoms in total. The fraction of sp³-hybridized carbons (Fsp3) is 0.333. The highest BCUT2D eigenvalue weighted by molar-refractivity contribution is 5.94. The number of esters is 4. The summed E-state index contributed by atoms with van der Waals surface area (Å²) in [6.07, 6.45) is 1.14. The van der Waals surface area contributed by atoms with Crippen LogP contribution in [0.4, 0.5) is 0 Å². The minimum atomic E-state index is -1.22. The zero-order valence-corrected chi connectivity index (χ0v) is 14.1. The second-order valence-corrected chi connectivity index (χ2v) is 5.03. The van der Waals surface area contributed by atoms with Gasteiger partial charge in [0, 0.05) is 12.2 Å². The van der Waals surface area contributed by atoms with E-state index in [0.717, 1.165) is 19.3 Å². The number of benzene rings is 1. The van der Waals surface area contributed by atoms with Crippen LogP contribution in [0, 0.1) is 0 Å². The molecule has 1 unspecified atom stereocenters. The highest BCUT2D eigenvalue weighted by atomic mass is 16.6. The van der Waals surface area contributed by atoms with E-state index in [9.17, 15) is 19.2 Å². The Labute approximate surface area is 145 Å². The van der Waals surface area contributed by atoms with E-state index >= 15 is 0 Å². The molecule has 1 aromatic carbocycles. The quantitative estimate of drug-likeness (QED) is 0.305. The predicted octanol–water partition coefficient (Wildman–Crippen LogP) is 1.74. The molecule has 0 bridgehead atoms. The monoisotopic (exact) mass is 348 g/mol. The zero-order valence-electron chi connectivity index (χ0n) is 14.1. The van der Waals surface area contributed by atoms with E-state index < -0.39 is 30.0 Å². The summed E-state index contributed by atoms with van der Waals surface area (Å²) in [5.74, 6) is -3.32. The average molecular weight is 348 g/mol. The Morgan fingerprint density at radius 2 is 1.68 bits per heavy atom. The summed E-state index contributed by atoms with van der Waals surface area (Å²) in [6, 6.07) is 8.79. The van der Waals surface area contributed by atoms with E-state index in [1.165, 1.54) is 0 Å². The smallest absolute Gasteiger partial charge is 0.355 e. The van der Waals surface area contributed by atoms with E-state index in [1.807, 2.05) is 0 Å². The van der Waals surface area contributed by atoms with Crippen molar-refractivity contribution in [3.63, 3.8) is 0 Å². The Morgan fingerprint density at radius 3 is 2.28 bits per heavy atom. The second-order valence-electron chi connectivity index (χ2n) is 5.03. The first-order valence-electron chi connectivity index (χ1n) is 7.71. The first-order valence-corrected chi connectivity index (χ1v) is 7.71. The first kappa shape index (κ1) is 20.1. The van der Waals surface area contributed by atoms with Gasteiger partial charge in [-0.15, -0.1) is 0 Å². The highest BCUT2D eigenvalue weighted by Gasteiger charge is 2.25. The van der Waals surface area contributed by atoms with Crippen molar-refractivity contribution in [3.05, 3.63) is 48.0 Å². The normalized spacial score (nSPS) is 11.6. The molecular formula is C18H20O7. The van der Waals surface area contributed by atoms with Gasteiger partial charge in [-0.05, 0) is 12.0 Å². The molecule has 0 heterocycles. The van der Waals surface area contributed by atoms with Gasteiger partial charge in [0.2, 0.25) is 0 Å². The third kappa shape index (κ3) is 7.92. The lowest BCUT2D eigenvalue weighted by molar-refractivity contribution is -0.172. The van der Waals surface area contributed by atoms with Gasteiger partial charge in [0.15, 0.2) is 6.10 Å². The van der Waals surface area contributed by atoms with Crippen LogP contribution in [0.2, 0.25) is 0 Å². The molecule has 0 aliphatic heterocycles. The molecule has 25 heavy (non-hydrogen) atoms.